The summed E-state index contributed by atoms with van der Waals surface area (Å²) in [6.07, 6.45) is -10.3. The molecule has 0 fully saturated rings. The van der Waals surface area contributed by atoms with Gasteiger partial charge < -0.3 is 4.74 Å². The monoisotopic (exact) mass is 461 g/mol. The first kappa shape index (κ1) is 30.0. The molecule has 0 N–H and O–H groups in total. The Bertz CT molecular complexity index is 795. The van der Waals surface area contributed by atoms with Gasteiger partial charge in [-0.1, -0.05) is 56.1 Å². The van der Waals surface area contributed by atoms with Crippen molar-refractivity contribution in [2.45, 2.75) is 31.1 Å². The predicted molar refractivity (Wildman–Crippen MR) is 94.1 cm³/mol. The topological polar surface area (TPSA) is 50.1 Å². The highest BCUT2D eigenvalue weighted by atomic mass is 19.4. The van der Waals surface area contributed by atoms with Crippen LogP contribution in [0.15, 0.2) is 61.7 Å². The van der Waals surface area contributed by atoms with Gasteiger partial charge in [0.2, 0.25) is 0 Å². The molecule has 0 saturated carbocycles. The molecule has 1 rings (SSSR count). The lowest BCUT2D eigenvalue weighted by atomic mass is 10.1. The van der Waals surface area contributed by atoms with Crippen LogP contribution in [0.5, 0.6) is 0 Å². The molecule has 0 amide bonds. The number of nitrogens with zero attached hydrogens (tertiary/aromatic N) is 1. The van der Waals surface area contributed by atoms with Gasteiger partial charge in [-0.15, -0.1) is 0 Å². The molecule has 1 aromatic rings. The summed E-state index contributed by atoms with van der Waals surface area (Å²) < 4.78 is 113. The smallest absolute Gasteiger partial charge is 0.393 e. The SMILES string of the molecule is C=C(C)C(=O)OC(F)(F)C(F)(F)C(F)(F)C(F)(F)F.C=CC#N.C=Cc1ccccc1. The van der Waals surface area contributed by atoms with E-state index in [1.165, 1.54) is 11.6 Å². The van der Waals surface area contributed by atoms with Gasteiger partial charge in [0, 0.05) is 11.6 Å². The molecule has 0 heterocycles. The zero-order valence-electron chi connectivity index (χ0n) is 15.8. The van der Waals surface area contributed by atoms with Crippen LogP contribution in [0.2, 0.25) is 0 Å². The standard InChI is InChI=1S/C8H5F9O2.C8H8.C3H3N/c1-3(2)4(18)19-8(16,17)6(11,12)5(9,10)7(13,14)15;1-2-8-6-4-3-5-7-8;1-2-3-4/h1H2,2H3;2-7H,1H2;2H,1H2. The number of carbonyl (C=O) groups excluding carboxylic acids is 1. The molecule has 1 aromatic carbocycles. The molecule has 31 heavy (non-hydrogen) atoms. The molecule has 0 aliphatic rings. The summed E-state index contributed by atoms with van der Waals surface area (Å²) in [6, 6.07) is 11.7. The highest BCUT2D eigenvalue weighted by Crippen LogP contribution is 2.53. The van der Waals surface area contributed by atoms with Crippen molar-refractivity contribution in [2.24, 2.45) is 0 Å². The molecule has 0 spiro atoms. The lowest BCUT2D eigenvalue weighted by Gasteiger charge is -2.32. The third kappa shape index (κ3) is 8.57. The number of benzene rings is 1. The minimum absolute atomic E-state index is 0.693. The molecule has 0 bridgehead atoms. The summed E-state index contributed by atoms with van der Waals surface area (Å²) in [5.74, 6) is -16.3. The van der Waals surface area contributed by atoms with E-state index in [0.717, 1.165) is 0 Å². The number of halogens is 9. The maximum Gasteiger partial charge on any atom is 0.473 e. The van der Waals surface area contributed by atoms with Crippen molar-refractivity contribution in [3.05, 3.63) is 67.3 Å². The molecule has 0 aromatic heterocycles. The number of nitriles is 1. The molecule has 0 atom stereocenters. The second kappa shape index (κ2) is 11.8. The minimum Gasteiger partial charge on any atom is -0.393 e. The van der Waals surface area contributed by atoms with Crippen molar-refractivity contribution in [2.75, 3.05) is 0 Å². The van der Waals surface area contributed by atoms with Gasteiger partial charge in [0.05, 0.1) is 6.07 Å². The van der Waals surface area contributed by atoms with Crippen LogP contribution in [0.1, 0.15) is 12.5 Å². The van der Waals surface area contributed by atoms with Crippen molar-refractivity contribution in [1.82, 2.24) is 0 Å². The van der Waals surface area contributed by atoms with Crippen LogP contribution in [-0.2, 0) is 9.53 Å². The van der Waals surface area contributed by atoms with Gasteiger partial charge in [0.25, 0.3) is 0 Å². The average molecular weight is 461 g/mol. The lowest BCUT2D eigenvalue weighted by molar-refractivity contribution is -0.434. The molecule has 3 nitrogen and oxygen atoms in total. The first-order valence-corrected chi connectivity index (χ1v) is 7.69. The molecule has 0 unspecified atom stereocenters. The Morgan fingerprint density at radius 2 is 1.39 bits per heavy atom. The highest BCUT2D eigenvalue weighted by molar-refractivity contribution is 5.87. The van der Waals surface area contributed by atoms with Gasteiger partial charge in [-0.2, -0.15) is 44.8 Å². The Morgan fingerprint density at radius 1 is 0.968 bits per heavy atom. The predicted octanol–water partition coefficient (Wildman–Crippen LogP) is 6.56. The maximum atomic E-state index is 12.6. The molecule has 172 valence electrons. The van der Waals surface area contributed by atoms with Gasteiger partial charge >= 0.3 is 30.1 Å². The highest BCUT2D eigenvalue weighted by Gasteiger charge is 2.83. The molecular formula is C19H16F9NO2. The molecule has 0 radical (unpaired) electrons. The van der Waals surface area contributed by atoms with Crippen LogP contribution in [0.4, 0.5) is 39.5 Å². The third-order valence-electron chi connectivity index (χ3n) is 2.81. The van der Waals surface area contributed by atoms with Crippen LogP contribution in [0, 0.1) is 11.3 Å². The second-order valence-corrected chi connectivity index (χ2v) is 5.28. The Balaban J connectivity index is 0. The fourth-order valence-electron chi connectivity index (χ4n) is 1.22. The first-order valence-electron chi connectivity index (χ1n) is 7.69. The zero-order valence-corrected chi connectivity index (χ0v) is 15.8. The normalized spacial score (nSPS) is 11.4. The van der Waals surface area contributed by atoms with Crippen LogP contribution < -0.4 is 0 Å². The van der Waals surface area contributed by atoms with E-state index in [-0.39, 0.29) is 0 Å². The van der Waals surface area contributed by atoms with E-state index in [9.17, 15) is 44.3 Å². The van der Waals surface area contributed by atoms with E-state index < -0.39 is 35.7 Å². The van der Waals surface area contributed by atoms with Crippen LogP contribution >= 0.6 is 0 Å². The van der Waals surface area contributed by atoms with Gasteiger partial charge in [0.15, 0.2) is 0 Å². The Labute approximate surface area is 171 Å². The first-order chi connectivity index (χ1) is 13.9. The van der Waals surface area contributed by atoms with Gasteiger partial charge in [-0.25, -0.2) is 4.79 Å². The summed E-state index contributed by atoms with van der Waals surface area (Å²) in [7, 11) is 0. The summed E-state index contributed by atoms with van der Waals surface area (Å²) in [4.78, 5) is 10.5. The molecule has 12 heteroatoms. The second-order valence-electron chi connectivity index (χ2n) is 5.28. The molecule has 0 aliphatic heterocycles. The zero-order chi connectivity index (χ0) is 25.1. The molecule has 0 aliphatic carbocycles. The van der Waals surface area contributed by atoms with Crippen LogP contribution in [0.3, 0.4) is 0 Å². The Hall–Kier alpha value is -3.23. The maximum absolute atomic E-state index is 12.6. The molecule has 0 saturated heterocycles. The van der Waals surface area contributed by atoms with Crippen molar-refractivity contribution in [1.29, 1.82) is 5.26 Å². The van der Waals surface area contributed by atoms with E-state index in [0.29, 0.717) is 6.92 Å². The van der Waals surface area contributed by atoms with Crippen molar-refractivity contribution in [3.8, 4) is 6.07 Å². The van der Waals surface area contributed by atoms with E-state index in [2.05, 4.69) is 24.5 Å². The Kier molecular flexibility index (Phi) is 11.4. The quantitative estimate of drug-likeness (QED) is 0.216. The van der Waals surface area contributed by atoms with Crippen LogP contribution in [0.25, 0.3) is 6.08 Å². The number of alkyl halides is 9. The number of ether oxygens (including phenoxy) is 1. The number of rotatable bonds is 5. The van der Waals surface area contributed by atoms with Crippen molar-refractivity contribution >= 4 is 12.0 Å². The van der Waals surface area contributed by atoms with Crippen molar-refractivity contribution < 1.29 is 49.0 Å². The van der Waals surface area contributed by atoms with Gasteiger partial charge in [-0.05, 0) is 12.5 Å². The van der Waals surface area contributed by atoms with Gasteiger partial charge in [0.1, 0.15) is 0 Å². The summed E-state index contributed by atoms with van der Waals surface area (Å²) in [5.41, 5.74) is 0.276. The number of carbonyl (C=O) groups is 1. The fraction of sp³-hybridized carbons (Fsp3) is 0.263. The van der Waals surface area contributed by atoms with Crippen LogP contribution in [-0.4, -0.2) is 30.1 Å². The lowest BCUT2D eigenvalue weighted by Crippen LogP contribution is -2.62. The number of hydrogen-bond donors (Lipinski definition) is 0. The van der Waals surface area contributed by atoms with Gasteiger partial charge in [-0.3, -0.25) is 0 Å². The third-order valence-corrected chi connectivity index (χ3v) is 2.81. The average Bonchev–Trinajstić information content (AvgIpc) is 2.67. The molecular weight excluding hydrogens is 445 g/mol. The van der Waals surface area contributed by atoms with E-state index in [1.54, 1.807) is 6.07 Å². The van der Waals surface area contributed by atoms with E-state index in [1.807, 2.05) is 36.4 Å². The van der Waals surface area contributed by atoms with E-state index in [4.69, 9.17) is 5.26 Å². The van der Waals surface area contributed by atoms with Crippen molar-refractivity contribution in [3.63, 3.8) is 0 Å². The number of esters is 1. The summed E-state index contributed by atoms with van der Waals surface area (Å²) in [5, 5.41) is 7.51. The summed E-state index contributed by atoms with van der Waals surface area (Å²) >= 11 is 0. The Morgan fingerprint density at radius 3 is 1.65 bits per heavy atom. The largest absolute Gasteiger partial charge is 0.473 e. The fourth-order valence-corrected chi connectivity index (χ4v) is 1.22. The summed E-state index contributed by atoms with van der Waals surface area (Å²) in [6.45, 7) is 10.1. The number of hydrogen-bond acceptors (Lipinski definition) is 3. The van der Waals surface area contributed by atoms with E-state index >= 15 is 0 Å². The number of allylic oxidation sites excluding steroid dienone is 1. The minimum atomic E-state index is -7.10.